The van der Waals surface area contributed by atoms with Gasteiger partial charge in [0.15, 0.2) is 6.10 Å². The normalized spacial score (nSPS) is 13.3. The Hall–Kier alpha value is -3.70. The number of allylic oxidation sites excluding steroid dienone is 20. The standard InChI is InChI=1S/C57H92O5/c1-3-5-7-9-11-13-15-17-18-19-20-21-22-23-24-25-26-27-28-29-30-31-32-33-34-35-36-37-38-40-42-44-46-48-50-52-57(60)62-55(53-58)54-61-56(59)51-49-47-45-43-41-39-16-14-12-10-8-6-4-2/h5,7,11,13-14,16-18,20-21,23-24,26-27,29-30,32-33,35-36,55,58H,3-4,6,8-10,12,15,19,22,25,28,31,34,37-54H2,1-2H3/b7-5-,13-11-,16-14-,18-17-,21-20-,24-23-,27-26-,30-29-,33-32-,36-35-. The van der Waals surface area contributed by atoms with Crippen LogP contribution in [0.15, 0.2) is 122 Å². The molecule has 0 aliphatic heterocycles. The second kappa shape index (κ2) is 51.6. The predicted molar refractivity (Wildman–Crippen MR) is 269 cm³/mol. The van der Waals surface area contributed by atoms with Crippen LogP contribution < -0.4 is 0 Å². The fraction of sp³-hybridized carbons (Fsp3) is 0.614. The fourth-order valence-electron chi connectivity index (χ4n) is 6.48. The van der Waals surface area contributed by atoms with E-state index in [0.717, 1.165) is 109 Å². The van der Waals surface area contributed by atoms with Gasteiger partial charge < -0.3 is 14.6 Å². The van der Waals surface area contributed by atoms with E-state index in [1.807, 2.05) is 0 Å². The third-order valence-electron chi connectivity index (χ3n) is 10.2. The van der Waals surface area contributed by atoms with E-state index in [2.05, 4.69) is 135 Å². The van der Waals surface area contributed by atoms with Crippen molar-refractivity contribution in [1.82, 2.24) is 0 Å². The van der Waals surface area contributed by atoms with Crippen LogP contribution >= 0.6 is 0 Å². The summed E-state index contributed by atoms with van der Waals surface area (Å²) in [4.78, 5) is 24.4. The number of unbranched alkanes of at least 4 members (excludes halogenated alkanes) is 16. The van der Waals surface area contributed by atoms with E-state index in [-0.39, 0.29) is 25.2 Å². The lowest BCUT2D eigenvalue weighted by atomic mass is 10.1. The summed E-state index contributed by atoms with van der Waals surface area (Å²) < 4.78 is 10.6. The second-order valence-corrected chi connectivity index (χ2v) is 16.2. The lowest BCUT2D eigenvalue weighted by molar-refractivity contribution is -0.161. The zero-order valence-electron chi connectivity index (χ0n) is 39.8. The summed E-state index contributed by atoms with van der Waals surface area (Å²) in [5.74, 6) is -0.622. The molecule has 0 amide bonds. The maximum absolute atomic E-state index is 12.2. The van der Waals surface area contributed by atoms with Crippen LogP contribution in [0, 0.1) is 0 Å². The molecule has 0 aliphatic rings. The largest absolute Gasteiger partial charge is 0.462 e. The number of rotatable bonds is 44. The van der Waals surface area contributed by atoms with Crippen molar-refractivity contribution < 1.29 is 24.2 Å². The molecule has 0 bridgehead atoms. The molecule has 0 aromatic heterocycles. The molecular weight excluding hydrogens is 765 g/mol. The van der Waals surface area contributed by atoms with Crippen molar-refractivity contribution in [3.8, 4) is 0 Å². The van der Waals surface area contributed by atoms with Gasteiger partial charge in [0.05, 0.1) is 6.61 Å². The minimum Gasteiger partial charge on any atom is -0.462 e. The molecule has 1 N–H and O–H groups in total. The summed E-state index contributed by atoms with van der Waals surface area (Å²) in [6.07, 6.45) is 75.7. The quantitative estimate of drug-likeness (QED) is 0.0375. The number of ether oxygens (including phenoxy) is 2. The molecule has 350 valence electrons. The van der Waals surface area contributed by atoms with E-state index in [1.54, 1.807) is 0 Å². The molecule has 5 nitrogen and oxygen atoms in total. The van der Waals surface area contributed by atoms with Crippen molar-refractivity contribution in [2.45, 2.75) is 213 Å². The molecule has 0 aliphatic carbocycles. The topological polar surface area (TPSA) is 72.8 Å². The van der Waals surface area contributed by atoms with Gasteiger partial charge in [0.1, 0.15) is 6.61 Å². The van der Waals surface area contributed by atoms with E-state index in [4.69, 9.17) is 9.47 Å². The summed E-state index contributed by atoms with van der Waals surface area (Å²) in [7, 11) is 0. The lowest BCUT2D eigenvalue weighted by Crippen LogP contribution is -2.28. The Kier molecular flexibility index (Phi) is 48.6. The van der Waals surface area contributed by atoms with Crippen LogP contribution in [0.5, 0.6) is 0 Å². The molecule has 5 heteroatoms. The molecule has 0 heterocycles. The number of aliphatic hydroxyl groups excluding tert-OH is 1. The monoisotopic (exact) mass is 857 g/mol. The second-order valence-electron chi connectivity index (χ2n) is 16.2. The van der Waals surface area contributed by atoms with Crippen LogP contribution in [0.1, 0.15) is 206 Å². The molecule has 0 fully saturated rings. The van der Waals surface area contributed by atoms with Crippen LogP contribution in [-0.2, 0) is 19.1 Å². The summed E-state index contributed by atoms with van der Waals surface area (Å²) >= 11 is 0. The van der Waals surface area contributed by atoms with Crippen molar-refractivity contribution in [1.29, 1.82) is 0 Å². The highest BCUT2D eigenvalue weighted by Crippen LogP contribution is 2.13. The molecule has 0 aromatic carbocycles. The molecular formula is C57H92O5. The first kappa shape index (κ1) is 58.3. The fourth-order valence-corrected chi connectivity index (χ4v) is 6.48. The first-order valence-corrected chi connectivity index (χ1v) is 25.1. The third kappa shape index (κ3) is 49.0. The van der Waals surface area contributed by atoms with Gasteiger partial charge in [-0.3, -0.25) is 9.59 Å². The van der Waals surface area contributed by atoms with E-state index < -0.39 is 6.10 Å². The zero-order chi connectivity index (χ0) is 44.9. The van der Waals surface area contributed by atoms with Gasteiger partial charge in [-0.15, -0.1) is 0 Å². The van der Waals surface area contributed by atoms with Crippen LogP contribution in [0.2, 0.25) is 0 Å². The van der Waals surface area contributed by atoms with Gasteiger partial charge in [-0.05, 0) is 109 Å². The van der Waals surface area contributed by atoms with Gasteiger partial charge in [-0.25, -0.2) is 0 Å². The Balaban J connectivity index is 3.63. The summed E-state index contributed by atoms with van der Waals surface area (Å²) in [5.41, 5.74) is 0. The van der Waals surface area contributed by atoms with Gasteiger partial charge in [0.2, 0.25) is 0 Å². The Morgan fingerprint density at radius 3 is 1.06 bits per heavy atom. The molecule has 1 unspecified atom stereocenters. The molecule has 0 aromatic rings. The van der Waals surface area contributed by atoms with Crippen LogP contribution in [0.25, 0.3) is 0 Å². The van der Waals surface area contributed by atoms with Gasteiger partial charge >= 0.3 is 11.9 Å². The summed E-state index contributed by atoms with van der Waals surface area (Å²) in [6.45, 7) is 3.98. The number of esters is 2. The van der Waals surface area contributed by atoms with E-state index in [1.165, 1.54) is 70.6 Å². The highest BCUT2D eigenvalue weighted by atomic mass is 16.6. The van der Waals surface area contributed by atoms with Gasteiger partial charge in [-0.2, -0.15) is 0 Å². The van der Waals surface area contributed by atoms with Gasteiger partial charge in [0.25, 0.3) is 0 Å². The molecule has 1 atom stereocenters. The van der Waals surface area contributed by atoms with Crippen molar-refractivity contribution in [3.05, 3.63) is 122 Å². The maximum Gasteiger partial charge on any atom is 0.306 e. The van der Waals surface area contributed by atoms with Gasteiger partial charge in [-0.1, -0.05) is 206 Å². The molecule has 0 saturated carbocycles. The molecule has 62 heavy (non-hydrogen) atoms. The smallest absolute Gasteiger partial charge is 0.306 e. The van der Waals surface area contributed by atoms with Crippen molar-refractivity contribution in [3.63, 3.8) is 0 Å². The lowest BCUT2D eigenvalue weighted by Gasteiger charge is -2.15. The number of hydrogen-bond acceptors (Lipinski definition) is 5. The zero-order valence-corrected chi connectivity index (χ0v) is 39.8. The Morgan fingerprint density at radius 1 is 0.387 bits per heavy atom. The summed E-state index contributed by atoms with van der Waals surface area (Å²) in [6, 6.07) is 0. The number of aliphatic hydroxyl groups is 1. The van der Waals surface area contributed by atoms with E-state index in [0.29, 0.717) is 12.8 Å². The minimum atomic E-state index is -0.788. The van der Waals surface area contributed by atoms with Crippen molar-refractivity contribution in [2.24, 2.45) is 0 Å². The van der Waals surface area contributed by atoms with Crippen LogP contribution in [0.4, 0.5) is 0 Å². The van der Waals surface area contributed by atoms with Crippen LogP contribution in [-0.4, -0.2) is 36.4 Å². The Bertz CT molecular complexity index is 1290. The van der Waals surface area contributed by atoms with Crippen molar-refractivity contribution in [2.75, 3.05) is 13.2 Å². The Morgan fingerprint density at radius 2 is 0.694 bits per heavy atom. The van der Waals surface area contributed by atoms with Gasteiger partial charge in [0, 0.05) is 12.8 Å². The average molecular weight is 857 g/mol. The predicted octanol–water partition coefficient (Wildman–Crippen LogP) is 16.7. The first-order chi connectivity index (χ1) is 30.6. The highest BCUT2D eigenvalue weighted by molar-refractivity contribution is 5.70. The van der Waals surface area contributed by atoms with E-state index in [9.17, 15) is 14.7 Å². The average Bonchev–Trinajstić information content (AvgIpc) is 3.28. The Labute approximate surface area is 382 Å². The number of carbonyl (C=O) groups excluding carboxylic acids is 2. The minimum absolute atomic E-state index is 0.0812. The highest BCUT2D eigenvalue weighted by Gasteiger charge is 2.16. The van der Waals surface area contributed by atoms with Crippen LogP contribution in [0.3, 0.4) is 0 Å². The summed E-state index contributed by atoms with van der Waals surface area (Å²) in [5, 5.41) is 9.60. The first-order valence-electron chi connectivity index (χ1n) is 25.1. The molecule has 0 saturated heterocycles. The van der Waals surface area contributed by atoms with Crippen molar-refractivity contribution >= 4 is 11.9 Å². The number of hydrogen-bond donors (Lipinski definition) is 1. The number of carbonyl (C=O) groups is 2. The van der Waals surface area contributed by atoms with E-state index >= 15 is 0 Å². The third-order valence-corrected chi connectivity index (χ3v) is 10.2. The molecule has 0 rings (SSSR count). The maximum atomic E-state index is 12.2. The SMILES string of the molecule is CC/C=C\C/C=C\C/C=C\C/C=C\C/C=C\C/C=C\C/C=C\C/C=C\C/C=C\CCCCCCCCCC(=O)OC(CO)COC(=O)CCCCCCC/C=C\CCCCCC. The molecule has 0 spiro atoms. The molecule has 0 radical (unpaired) electrons.